The summed E-state index contributed by atoms with van der Waals surface area (Å²) in [6, 6.07) is 15.2. The zero-order valence-electron chi connectivity index (χ0n) is 15.5. The van der Waals surface area contributed by atoms with Gasteiger partial charge in [-0.2, -0.15) is 0 Å². The molecule has 0 atom stereocenters. The molecule has 0 heterocycles. The van der Waals surface area contributed by atoms with E-state index in [0.29, 0.717) is 6.04 Å². The lowest BCUT2D eigenvalue weighted by Crippen LogP contribution is -2.38. The van der Waals surface area contributed by atoms with Gasteiger partial charge in [-0.25, -0.2) is 4.79 Å². The summed E-state index contributed by atoms with van der Waals surface area (Å²) < 4.78 is 0. The second kappa shape index (κ2) is 9.07. The molecule has 0 aromatic heterocycles. The first-order chi connectivity index (χ1) is 13.1. The number of urea groups is 1. The van der Waals surface area contributed by atoms with Crippen LogP contribution in [0.5, 0.6) is 0 Å². The Morgan fingerprint density at radius 3 is 1.74 bits per heavy atom. The summed E-state index contributed by atoms with van der Waals surface area (Å²) in [5.74, 6) is -0.0914. The Bertz CT molecular complexity index is 766. The fraction of sp³-hybridized carbons (Fsp3) is 0.333. The quantitative estimate of drug-likeness (QED) is 0.611. The van der Waals surface area contributed by atoms with Crippen LogP contribution in [0.1, 0.15) is 39.0 Å². The normalized spacial score (nSPS) is 14.3. The van der Waals surface area contributed by atoms with E-state index in [2.05, 4.69) is 21.3 Å². The monoisotopic (exact) mass is 366 g/mol. The van der Waals surface area contributed by atoms with Gasteiger partial charge in [-0.05, 0) is 61.4 Å². The molecule has 2 aromatic rings. The minimum Gasteiger partial charge on any atom is -0.356 e. The molecule has 142 valence electrons. The van der Waals surface area contributed by atoms with Gasteiger partial charge in [0, 0.05) is 35.7 Å². The van der Waals surface area contributed by atoms with Gasteiger partial charge in [0.05, 0.1) is 0 Å². The van der Waals surface area contributed by atoms with Crippen LogP contribution in [0.4, 0.5) is 27.5 Å². The van der Waals surface area contributed by atoms with Gasteiger partial charge in [0.25, 0.3) is 0 Å². The van der Waals surface area contributed by atoms with Crippen molar-refractivity contribution in [2.24, 2.45) is 0 Å². The summed E-state index contributed by atoms with van der Waals surface area (Å²) in [4.78, 5) is 23.1. The van der Waals surface area contributed by atoms with Crippen LogP contribution in [0.25, 0.3) is 0 Å². The lowest BCUT2D eigenvalue weighted by atomic mass is 9.96. The highest BCUT2D eigenvalue weighted by atomic mass is 16.2. The Morgan fingerprint density at radius 2 is 1.22 bits per heavy atom. The molecule has 27 heavy (non-hydrogen) atoms. The molecule has 0 unspecified atom stereocenters. The lowest BCUT2D eigenvalue weighted by Gasteiger charge is -2.22. The van der Waals surface area contributed by atoms with Crippen molar-refractivity contribution in [2.45, 2.75) is 45.1 Å². The van der Waals surface area contributed by atoms with E-state index in [-0.39, 0.29) is 11.9 Å². The molecule has 1 fully saturated rings. The van der Waals surface area contributed by atoms with Crippen LogP contribution in [0.2, 0.25) is 0 Å². The number of carbonyl (C=O) groups is 2. The maximum atomic E-state index is 12.1. The molecule has 0 saturated heterocycles. The van der Waals surface area contributed by atoms with Gasteiger partial charge in [0.2, 0.25) is 5.91 Å². The average molecular weight is 366 g/mol. The summed E-state index contributed by atoms with van der Waals surface area (Å²) in [6.45, 7) is 1.48. The molecule has 0 radical (unpaired) electrons. The van der Waals surface area contributed by atoms with Crippen molar-refractivity contribution in [3.63, 3.8) is 0 Å². The van der Waals surface area contributed by atoms with Crippen molar-refractivity contribution in [3.05, 3.63) is 48.5 Å². The highest BCUT2D eigenvalue weighted by Crippen LogP contribution is 2.21. The smallest absolute Gasteiger partial charge is 0.319 e. The zero-order valence-corrected chi connectivity index (χ0v) is 15.5. The van der Waals surface area contributed by atoms with E-state index in [1.165, 1.54) is 26.2 Å². The highest BCUT2D eigenvalue weighted by molar-refractivity contribution is 5.90. The number of rotatable bonds is 5. The molecule has 2 aromatic carbocycles. The maximum Gasteiger partial charge on any atom is 0.319 e. The number of benzene rings is 2. The first-order valence-corrected chi connectivity index (χ1v) is 9.41. The molecule has 0 aliphatic heterocycles. The van der Waals surface area contributed by atoms with E-state index in [1.807, 2.05) is 48.5 Å². The predicted octanol–water partition coefficient (Wildman–Crippen LogP) is 4.84. The van der Waals surface area contributed by atoms with Crippen LogP contribution in [-0.4, -0.2) is 18.0 Å². The molecule has 6 nitrogen and oxygen atoms in total. The molecule has 6 heteroatoms. The third-order valence-corrected chi connectivity index (χ3v) is 4.58. The molecule has 3 rings (SSSR count). The number of hydrogen-bond acceptors (Lipinski definition) is 3. The molecule has 1 saturated carbocycles. The number of nitrogens with one attached hydrogen (secondary N) is 4. The van der Waals surface area contributed by atoms with Gasteiger partial charge in [0.1, 0.15) is 0 Å². The van der Waals surface area contributed by atoms with Crippen molar-refractivity contribution in [1.82, 2.24) is 5.32 Å². The van der Waals surface area contributed by atoms with Gasteiger partial charge in [0.15, 0.2) is 0 Å². The minimum absolute atomic E-state index is 0.0914. The summed E-state index contributed by atoms with van der Waals surface area (Å²) in [5, 5.41) is 12.0. The Hall–Kier alpha value is -3.02. The van der Waals surface area contributed by atoms with Crippen molar-refractivity contribution >= 4 is 34.7 Å². The zero-order chi connectivity index (χ0) is 19.1. The summed E-state index contributed by atoms with van der Waals surface area (Å²) in [5.41, 5.74) is 3.35. The second-order valence-electron chi connectivity index (χ2n) is 6.89. The van der Waals surface area contributed by atoms with E-state index < -0.39 is 0 Å². The highest BCUT2D eigenvalue weighted by Gasteiger charge is 2.15. The predicted molar refractivity (Wildman–Crippen MR) is 109 cm³/mol. The van der Waals surface area contributed by atoms with Gasteiger partial charge >= 0.3 is 6.03 Å². The average Bonchev–Trinajstić information content (AvgIpc) is 2.65. The standard InChI is InChI=1S/C21H26N4O2/c1-15(26)22-17-7-9-18(10-8-17)23-19-11-13-20(14-12-19)25-21(27)24-16-5-3-2-4-6-16/h7-14,16,23H,2-6H2,1H3,(H,22,26)(H2,24,25,27). The van der Waals surface area contributed by atoms with Crippen LogP contribution in [0.3, 0.4) is 0 Å². The van der Waals surface area contributed by atoms with Crippen LogP contribution in [-0.2, 0) is 4.79 Å². The number of carbonyl (C=O) groups excluding carboxylic acids is 2. The Kier molecular flexibility index (Phi) is 6.30. The molecule has 1 aliphatic rings. The fourth-order valence-electron chi connectivity index (χ4n) is 3.24. The number of hydrogen-bond donors (Lipinski definition) is 4. The van der Waals surface area contributed by atoms with Crippen LogP contribution in [0.15, 0.2) is 48.5 Å². The summed E-state index contributed by atoms with van der Waals surface area (Å²) >= 11 is 0. The fourth-order valence-corrected chi connectivity index (χ4v) is 3.24. The molecule has 4 N–H and O–H groups in total. The van der Waals surface area contributed by atoms with Crippen molar-refractivity contribution in [2.75, 3.05) is 16.0 Å². The second-order valence-corrected chi connectivity index (χ2v) is 6.89. The van der Waals surface area contributed by atoms with Gasteiger partial charge in [-0.15, -0.1) is 0 Å². The van der Waals surface area contributed by atoms with Crippen LogP contribution >= 0.6 is 0 Å². The van der Waals surface area contributed by atoms with E-state index >= 15 is 0 Å². The van der Waals surface area contributed by atoms with Crippen molar-refractivity contribution in [3.8, 4) is 0 Å². The summed E-state index contributed by atoms with van der Waals surface area (Å²) in [6.07, 6.45) is 5.78. The molecule has 3 amide bonds. The SMILES string of the molecule is CC(=O)Nc1ccc(Nc2ccc(NC(=O)NC3CCCCC3)cc2)cc1. The largest absolute Gasteiger partial charge is 0.356 e. The van der Waals surface area contributed by atoms with Crippen molar-refractivity contribution < 1.29 is 9.59 Å². The van der Waals surface area contributed by atoms with E-state index in [0.717, 1.165) is 35.6 Å². The Morgan fingerprint density at radius 1 is 0.741 bits per heavy atom. The molecular formula is C21H26N4O2. The summed E-state index contributed by atoms with van der Waals surface area (Å²) in [7, 11) is 0. The minimum atomic E-state index is -0.142. The number of anilines is 4. The van der Waals surface area contributed by atoms with Crippen LogP contribution < -0.4 is 21.3 Å². The molecule has 0 bridgehead atoms. The van der Waals surface area contributed by atoms with Crippen molar-refractivity contribution in [1.29, 1.82) is 0 Å². The number of amides is 3. The van der Waals surface area contributed by atoms with Gasteiger partial charge < -0.3 is 21.3 Å². The first kappa shape index (κ1) is 18.8. The molecule has 0 spiro atoms. The van der Waals surface area contributed by atoms with Crippen LogP contribution in [0, 0.1) is 0 Å². The Balaban J connectivity index is 1.50. The van der Waals surface area contributed by atoms with Gasteiger partial charge in [-0.3, -0.25) is 4.79 Å². The van der Waals surface area contributed by atoms with Gasteiger partial charge in [-0.1, -0.05) is 19.3 Å². The lowest BCUT2D eigenvalue weighted by molar-refractivity contribution is -0.114. The topological polar surface area (TPSA) is 82.3 Å². The van der Waals surface area contributed by atoms with E-state index in [1.54, 1.807) is 0 Å². The van der Waals surface area contributed by atoms with E-state index in [9.17, 15) is 9.59 Å². The molecular weight excluding hydrogens is 340 g/mol. The first-order valence-electron chi connectivity index (χ1n) is 9.41. The van der Waals surface area contributed by atoms with E-state index in [4.69, 9.17) is 0 Å². The Labute approximate surface area is 159 Å². The third-order valence-electron chi connectivity index (χ3n) is 4.58. The third kappa shape index (κ3) is 6.02. The molecule has 1 aliphatic carbocycles. The maximum absolute atomic E-state index is 12.1.